The molecule has 0 saturated heterocycles. The molecule has 0 radical (unpaired) electrons. The topological polar surface area (TPSA) is 17.1 Å². The summed E-state index contributed by atoms with van der Waals surface area (Å²) in [4.78, 5) is 12.9. The van der Waals surface area contributed by atoms with E-state index in [1.807, 2.05) is 12.1 Å². The number of halogens is 1. The highest BCUT2D eigenvalue weighted by Gasteiger charge is 2.09. The Balaban J connectivity index is 2.07. The van der Waals surface area contributed by atoms with E-state index in [1.165, 1.54) is 16.9 Å². The van der Waals surface area contributed by atoms with Crippen LogP contribution in [-0.2, 0) is 6.42 Å². The van der Waals surface area contributed by atoms with E-state index in [-0.39, 0.29) is 5.78 Å². The lowest BCUT2D eigenvalue weighted by Crippen LogP contribution is -2.01. The second-order valence-electron chi connectivity index (χ2n) is 4.60. The number of hydrogen-bond donors (Lipinski definition) is 0. The Morgan fingerprint density at radius 1 is 1.17 bits per heavy atom. The molecule has 0 bridgehead atoms. The predicted molar refractivity (Wildman–Crippen MR) is 80.6 cm³/mol. The molecule has 0 aliphatic heterocycles. The van der Waals surface area contributed by atoms with Gasteiger partial charge < -0.3 is 0 Å². The summed E-state index contributed by atoms with van der Waals surface area (Å²) in [5.41, 5.74) is 2.39. The minimum Gasteiger partial charge on any atom is -0.293 e. The highest BCUT2D eigenvalue weighted by atomic mass is 79.9. The molecule has 0 fully saturated rings. The lowest BCUT2D eigenvalue weighted by molar-refractivity contribution is 0.0997. The number of benzene rings is 1. The average molecular weight is 323 g/mol. The molecule has 1 aromatic heterocycles. The zero-order valence-electron chi connectivity index (χ0n) is 10.4. The SMILES string of the molecule is CC(C)c1ccc(CC(=O)c2ccc(Br)s2)cc1. The van der Waals surface area contributed by atoms with Gasteiger partial charge in [0.1, 0.15) is 0 Å². The monoisotopic (exact) mass is 322 g/mol. The quantitative estimate of drug-likeness (QED) is 0.719. The van der Waals surface area contributed by atoms with Crippen molar-refractivity contribution in [2.75, 3.05) is 0 Å². The maximum absolute atomic E-state index is 12.0. The van der Waals surface area contributed by atoms with Crippen LogP contribution in [0.25, 0.3) is 0 Å². The van der Waals surface area contributed by atoms with Gasteiger partial charge in [-0.25, -0.2) is 0 Å². The van der Waals surface area contributed by atoms with Gasteiger partial charge in [0.05, 0.1) is 8.66 Å². The Labute approximate surface area is 120 Å². The minimum atomic E-state index is 0.183. The summed E-state index contributed by atoms with van der Waals surface area (Å²) in [6, 6.07) is 12.1. The van der Waals surface area contributed by atoms with Gasteiger partial charge in [-0.2, -0.15) is 0 Å². The molecule has 0 aliphatic carbocycles. The van der Waals surface area contributed by atoms with Crippen LogP contribution < -0.4 is 0 Å². The number of carbonyl (C=O) groups is 1. The summed E-state index contributed by atoms with van der Waals surface area (Å²) in [7, 11) is 0. The van der Waals surface area contributed by atoms with Crippen molar-refractivity contribution >= 4 is 33.0 Å². The molecule has 0 N–H and O–H groups in total. The van der Waals surface area contributed by atoms with Crippen LogP contribution in [0.4, 0.5) is 0 Å². The number of ketones is 1. The van der Waals surface area contributed by atoms with Gasteiger partial charge in [-0.1, -0.05) is 38.1 Å². The van der Waals surface area contributed by atoms with Crippen LogP contribution in [0.2, 0.25) is 0 Å². The smallest absolute Gasteiger partial charge is 0.177 e. The Hall–Kier alpha value is -0.930. The second-order valence-corrected chi connectivity index (χ2v) is 7.06. The van der Waals surface area contributed by atoms with Crippen molar-refractivity contribution in [2.24, 2.45) is 0 Å². The van der Waals surface area contributed by atoms with Gasteiger partial charge in [-0.3, -0.25) is 4.79 Å². The predicted octanol–water partition coefficient (Wildman–Crippen LogP) is 5.06. The first-order valence-electron chi connectivity index (χ1n) is 5.93. The molecule has 2 aromatic rings. The molecular weight excluding hydrogens is 308 g/mol. The largest absolute Gasteiger partial charge is 0.293 e. The summed E-state index contributed by atoms with van der Waals surface area (Å²) < 4.78 is 1.00. The molecule has 94 valence electrons. The molecule has 0 amide bonds. The van der Waals surface area contributed by atoms with Crippen molar-refractivity contribution in [1.29, 1.82) is 0 Å². The number of rotatable bonds is 4. The number of Topliss-reactive ketones (excluding diaryl/α,β-unsaturated/α-hetero) is 1. The minimum absolute atomic E-state index is 0.183. The van der Waals surface area contributed by atoms with E-state index in [0.29, 0.717) is 12.3 Å². The van der Waals surface area contributed by atoms with Gasteiger partial charge >= 0.3 is 0 Å². The third kappa shape index (κ3) is 3.30. The summed E-state index contributed by atoms with van der Waals surface area (Å²) in [6.07, 6.45) is 0.478. The van der Waals surface area contributed by atoms with Crippen molar-refractivity contribution in [2.45, 2.75) is 26.2 Å². The first-order chi connectivity index (χ1) is 8.56. The van der Waals surface area contributed by atoms with Crippen LogP contribution in [0.15, 0.2) is 40.2 Å². The van der Waals surface area contributed by atoms with Gasteiger partial charge in [-0.15, -0.1) is 11.3 Å². The highest BCUT2D eigenvalue weighted by molar-refractivity contribution is 9.11. The van der Waals surface area contributed by atoms with Crippen LogP contribution in [0.3, 0.4) is 0 Å². The summed E-state index contributed by atoms with van der Waals surface area (Å²) in [5.74, 6) is 0.714. The molecule has 0 aliphatic rings. The summed E-state index contributed by atoms with van der Waals surface area (Å²) >= 11 is 4.87. The number of carbonyl (C=O) groups excluding carboxylic acids is 1. The van der Waals surface area contributed by atoms with E-state index in [1.54, 1.807) is 0 Å². The first-order valence-corrected chi connectivity index (χ1v) is 7.54. The lowest BCUT2D eigenvalue weighted by Gasteiger charge is -2.06. The van der Waals surface area contributed by atoms with E-state index in [4.69, 9.17) is 0 Å². The molecule has 1 aromatic carbocycles. The molecule has 3 heteroatoms. The molecule has 18 heavy (non-hydrogen) atoms. The van der Waals surface area contributed by atoms with Gasteiger partial charge in [-0.05, 0) is 45.1 Å². The van der Waals surface area contributed by atoms with Gasteiger partial charge in [0.15, 0.2) is 5.78 Å². The van der Waals surface area contributed by atoms with Crippen LogP contribution in [0, 0.1) is 0 Å². The lowest BCUT2D eigenvalue weighted by atomic mass is 10.00. The molecule has 0 saturated carbocycles. The normalized spacial score (nSPS) is 10.9. The van der Waals surface area contributed by atoms with E-state index in [2.05, 4.69) is 54.0 Å². The Bertz CT molecular complexity index is 540. The fourth-order valence-corrected chi connectivity index (χ4v) is 3.08. The second kappa shape index (κ2) is 5.81. The van der Waals surface area contributed by atoms with E-state index >= 15 is 0 Å². The molecule has 0 atom stereocenters. The zero-order valence-corrected chi connectivity index (χ0v) is 12.8. The highest BCUT2D eigenvalue weighted by Crippen LogP contribution is 2.23. The average Bonchev–Trinajstić information content (AvgIpc) is 2.76. The molecule has 2 rings (SSSR count). The molecule has 1 heterocycles. The Morgan fingerprint density at radius 3 is 2.33 bits per heavy atom. The molecule has 0 spiro atoms. The van der Waals surface area contributed by atoms with Crippen LogP contribution in [0.1, 0.15) is 40.6 Å². The van der Waals surface area contributed by atoms with E-state index in [0.717, 1.165) is 14.2 Å². The first kappa shape index (κ1) is 13.5. The van der Waals surface area contributed by atoms with Crippen molar-refractivity contribution in [3.8, 4) is 0 Å². The Kier molecular flexibility index (Phi) is 4.36. The van der Waals surface area contributed by atoms with Gasteiger partial charge in [0, 0.05) is 6.42 Å². The van der Waals surface area contributed by atoms with Gasteiger partial charge in [0.2, 0.25) is 0 Å². The number of hydrogen-bond acceptors (Lipinski definition) is 2. The maximum Gasteiger partial charge on any atom is 0.177 e. The molecular formula is C15H15BrOS. The van der Waals surface area contributed by atoms with Crippen molar-refractivity contribution in [3.05, 3.63) is 56.2 Å². The maximum atomic E-state index is 12.0. The van der Waals surface area contributed by atoms with Crippen LogP contribution in [0.5, 0.6) is 0 Å². The van der Waals surface area contributed by atoms with Crippen molar-refractivity contribution in [1.82, 2.24) is 0 Å². The Morgan fingerprint density at radius 2 is 1.83 bits per heavy atom. The number of thiophene rings is 1. The van der Waals surface area contributed by atoms with Crippen molar-refractivity contribution in [3.63, 3.8) is 0 Å². The third-order valence-electron chi connectivity index (χ3n) is 2.86. The van der Waals surface area contributed by atoms with Crippen LogP contribution in [-0.4, -0.2) is 5.78 Å². The van der Waals surface area contributed by atoms with Crippen molar-refractivity contribution < 1.29 is 4.79 Å². The van der Waals surface area contributed by atoms with E-state index in [9.17, 15) is 4.79 Å². The molecule has 1 nitrogen and oxygen atoms in total. The standard InChI is InChI=1S/C15H15BrOS/c1-10(2)12-5-3-11(4-6-12)9-13(17)14-7-8-15(16)18-14/h3-8,10H,9H2,1-2H3. The fourth-order valence-electron chi connectivity index (χ4n) is 1.76. The summed E-state index contributed by atoms with van der Waals surface area (Å²) in [5, 5.41) is 0. The van der Waals surface area contributed by atoms with Gasteiger partial charge in [0.25, 0.3) is 0 Å². The summed E-state index contributed by atoms with van der Waals surface area (Å²) in [6.45, 7) is 4.34. The third-order valence-corrected chi connectivity index (χ3v) is 4.52. The fraction of sp³-hybridized carbons (Fsp3) is 0.267. The zero-order chi connectivity index (χ0) is 13.1. The van der Waals surface area contributed by atoms with E-state index < -0.39 is 0 Å². The molecule has 0 unspecified atom stereocenters. The van der Waals surface area contributed by atoms with Crippen LogP contribution >= 0.6 is 27.3 Å².